The molecular formula is C27H40O7. The third kappa shape index (κ3) is 7.19. The zero-order chi connectivity index (χ0) is 24.7. The lowest BCUT2D eigenvalue weighted by atomic mass is 9.73. The summed E-state index contributed by atoms with van der Waals surface area (Å²) in [6.07, 6.45) is 6.62. The van der Waals surface area contributed by atoms with E-state index in [0.29, 0.717) is 17.6 Å². The van der Waals surface area contributed by atoms with E-state index in [1.54, 1.807) is 6.92 Å². The molecule has 0 bridgehead atoms. The third-order valence-corrected chi connectivity index (χ3v) is 7.46. The van der Waals surface area contributed by atoms with Gasteiger partial charge in [-0.25, -0.2) is 4.79 Å². The number of unbranched alkanes of at least 4 members (excludes halogenated alkanes) is 2. The van der Waals surface area contributed by atoms with Crippen LogP contribution in [0.5, 0.6) is 5.75 Å². The third-order valence-electron chi connectivity index (χ3n) is 7.46. The van der Waals surface area contributed by atoms with Crippen LogP contribution in [0.2, 0.25) is 0 Å². The van der Waals surface area contributed by atoms with E-state index >= 15 is 0 Å². The second kappa shape index (κ2) is 12.5. The molecule has 2 aliphatic rings. The lowest BCUT2D eigenvalue weighted by Crippen LogP contribution is -2.28. The molecule has 0 aromatic heterocycles. The molecule has 0 spiro atoms. The first kappa shape index (κ1) is 26.5. The van der Waals surface area contributed by atoms with E-state index in [-0.39, 0.29) is 31.2 Å². The highest BCUT2D eigenvalue weighted by atomic mass is 16.6. The van der Waals surface area contributed by atoms with Gasteiger partial charge >= 0.3 is 11.9 Å². The van der Waals surface area contributed by atoms with Gasteiger partial charge in [-0.05, 0) is 80.4 Å². The zero-order valence-corrected chi connectivity index (χ0v) is 20.4. The molecule has 7 heteroatoms. The van der Waals surface area contributed by atoms with Crippen molar-refractivity contribution < 1.29 is 34.4 Å². The second-order valence-electron chi connectivity index (χ2n) is 10.1. The van der Waals surface area contributed by atoms with Crippen molar-refractivity contribution in [2.75, 3.05) is 6.61 Å². The van der Waals surface area contributed by atoms with Crippen LogP contribution in [0, 0.1) is 17.8 Å². The Morgan fingerprint density at radius 3 is 2.71 bits per heavy atom. The van der Waals surface area contributed by atoms with E-state index in [1.807, 2.05) is 12.1 Å². The molecule has 2 aliphatic carbocycles. The zero-order valence-electron chi connectivity index (χ0n) is 20.4. The molecule has 1 aromatic carbocycles. The SMILES string of the molecule is CCCCCC(O)CCC1C(O)CC2Cc3c(cccc3OCC(=O)OC(C)CC(=O)O)CC21. The molecule has 0 radical (unpaired) electrons. The molecule has 190 valence electrons. The molecule has 6 unspecified atom stereocenters. The standard InChI is InChI=1S/C27H40O7/c1-3-4-5-8-20(28)10-11-21-22-13-18-7-6-9-25(23(18)14-19(22)15-24(21)29)33-16-27(32)34-17(2)12-26(30)31/h6-7,9,17,19-22,24,28-29H,3-5,8,10-16H2,1-2H3,(H,30,31). The van der Waals surface area contributed by atoms with Crippen molar-refractivity contribution in [3.63, 3.8) is 0 Å². The summed E-state index contributed by atoms with van der Waals surface area (Å²) in [5, 5.41) is 30.0. The number of carbonyl (C=O) groups excluding carboxylic acids is 1. The molecule has 1 aromatic rings. The van der Waals surface area contributed by atoms with E-state index in [4.69, 9.17) is 14.6 Å². The number of rotatable bonds is 13. The van der Waals surface area contributed by atoms with Gasteiger partial charge in [0.1, 0.15) is 11.9 Å². The van der Waals surface area contributed by atoms with E-state index in [9.17, 15) is 19.8 Å². The van der Waals surface area contributed by atoms with Crippen molar-refractivity contribution in [3.8, 4) is 5.75 Å². The highest BCUT2D eigenvalue weighted by Crippen LogP contribution is 2.48. The fourth-order valence-corrected chi connectivity index (χ4v) is 5.78. The minimum atomic E-state index is -1.02. The summed E-state index contributed by atoms with van der Waals surface area (Å²) in [7, 11) is 0. The summed E-state index contributed by atoms with van der Waals surface area (Å²) in [4.78, 5) is 22.8. The van der Waals surface area contributed by atoms with Crippen molar-refractivity contribution >= 4 is 11.9 Å². The number of aliphatic carboxylic acids is 1. The Morgan fingerprint density at radius 2 is 1.97 bits per heavy atom. The molecule has 0 aliphatic heterocycles. The minimum Gasteiger partial charge on any atom is -0.482 e. The smallest absolute Gasteiger partial charge is 0.344 e. The molecule has 7 nitrogen and oxygen atoms in total. The fourth-order valence-electron chi connectivity index (χ4n) is 5.78. The molecule has 6 atom stereocenters. The Hall–Kier alpha value is -2.12. The summed E-state index contributed by atoms with van der Waals surface area (Å²) >= 11 is 0. The highest BCUT2D eigenvalue weighted by molar-refractivity contribution is 5.72. The maximum Gasteiger partial charge on any atom is 0.344 e. The topological polar surface area (TPSA) is 113 Å². The largest absolute Gasteiger partial charge is 0.482 e. The minimum absolute atomic E-state index is 0.203. The van der Waals surface area contributed by atoms with Gasteiger partial charge in [0.2, 0.25) is 0 Å². The molecule has 3 rings (SSSR count). The first-order chi connectivity index (χ1) is 16.3. The molecular weight excluding hydrogens is 436 g/mol. The van der Waals surface area contributed by atoms with Crippen LogP contribution in [-0.2, 0) is 27.2 Å². The lowest BCUT2D eigenvalue weighted by molar-refractivity contribution is -0.153. The van der Waals surface area contributed by atoms with Gasteiger partial charge in [-0.3, -0.25) is 4.79 Å². The van der Waals surface area contributed by atoms with Crippen LogP contribution in [-0.4, -0.2) is 52.2 Å². The monoisotopic (exact) mass is 476 g/mol. The van der Waals surface area contributed by atoms with Crippen LogP contribution in [0.25, 0.3) is 0 Å². The molecule has 34 heavy (non-hydrogen) atoms. The van der Waals surface area contributed by atoms with Crippen LogP contribution in [0.1, 0.15) is 76.3 Å². The van der Waals surface area contributed by atoms with Gasteiger partial charge in [0.25, 0.3) is 0 Å². The number of benzene rings is 1. The molecule has 3 N–H and O–H groups in total. The van der Waals surface area contributed by atoms with Gasteiger partial charge in [-0.15, -0.1) is 0 Å². The number of hydrogen-bond acceptors (Lipinski definition) is 6. The van der Waals surface area contributed by atoms with E-state index in [0.717, 1.165) is 63.4 Å². The summed E-state index contributed by atoms with van der Waals surface area (Å²) in [5.74, 6) is 0.00150. The van der Waals surface area contributed by atoms with Crippen LogP contribution in [0.4, 0.5) is 0 Å². The second-order valence-corrected chi connectivity index (χ2v) is 10.1. The van der Waals surface area contributed by atoms with E-state index in [1.165, 1.54) is 5.56 Å². The van der Waals surface area contributed by atoms with Gasteiger partial charge in [-0.2, -0.15) is 0 Å². The van der Waals surface area contributed by atoms with Crippen molar-refractivity contribution in [2.24, 2.45) is 17.8 Å². The number of hydrogen-bond donors (Lipinski definition) is 3. The maximum atomic E-state index is 12.1. The summed E-state index contributed by atoms with van der Waals surface area (Å²) < 4.78 is 10.9. The molecule has 0 saturated heterocycles. The van der Waals surface area contributed by atoms with Crippen LogP contribution in [0.3, 0.4) is 0 Å². The quantitative estimate of drug-likeness (QED) is 0.292. The van der Waals surface area contributed by atoms with Crippen LogP contribution < -0.4 is 4.74 Å². The average Bonchev–Trinajstić information content (AvgIpc) is 3.08. The van der Waals surface area contributed by atoms with Crippen molar-refractivity contribution in [1.82, 2.24) is 0 Å². The Morgan fingerprint density at radius 1 is 1.18 bits per heavy atom. The van der Waals surface area contributed by atoms with Gasteiger partial charge in [0.05, 0.1) is 18.6 Å². The molecule has 1 saturated carbocycles. The lowest BCUT2D eigenvalue weighted by Gasteiger charge is -2.32. The van der Waals surface area contributed by atoms with Crippen molar-refractivity contribution in [1.29, 1.82) is 0 Å². The Bertz CT molecular complexity index is 823. The Balaban J connectivity index is 1.57. The molecule has 0 heterocycles. The number of aliphatic hydroxyl groups excluding tert-OH is 2. The number of carboxylic acids is 1. The first-order valence-corrected chi connectivity index (χ1v) is 12.8. The Labute approximate surface area is 202 Å². The van der Waals surface area contributed by atoms with Crippen molar-refractivity contribution in [3.05, 3.63) is 29.3 Å². The summed E-state index contributed by atoms with van der Waals surface area (Å²) in [5.41, 5.74) is 2.27. The maximum absolute atomic E-state index is 12.1. The van der Waals surface area contributed by atoms with Gasteiger partial charge < -0.3 is 24.8 Å². The predicted molar refractivity (Wildman–Crippen MR) is 128 cm³/mol. The predicted octanol–water partition coefficient (Wildman–Crippen LogP) is 3.91. The average molecular weight is 477 g/mol. The fraction of sp³-hybridized carbons (Fsp3) is 0.704. The van der Waals surface area contributed by atoms with Gasteiger partial charge in [0.15, 0.2) is 6.61 Å². The molecule has 0 amide bonds. The van der Waals surface area contributed by atoms with Crippen LogP contribution in [0.15, 0.2) is 18.2 Å². The van der Waals surface area contributed by atoms with E-state index in [2.05, 4.69) is 13.0 Å². The molecule has 1 fully saturated rings. The Kier molecular flexibility index (Phi) is 9.77. The summed E-state index contributed by atoms with van der Waals surface area (Å²) in [6, 6.07) is 5.86. The number of esters is 1. The van der Waals surface area contributed by atoms with Crippen molar-refractivity contribution in [2.45, 2.75) is 96.4 Å². The number of ether oxygens (including phenoxy) is 2. The normalized spacial score (nSPS) is 25.2. The van der Waals surface area contributed by atoms with Crippen LogP contribution >= 0.6 is 0 Å². The van der Waals surface area contributed by atoms with Gasteiger partial charge in [0, 0.05) is 0 Å². The summed E-state index contributed by atoms with van der Waals surface area (Å²) in [6.45, 7) is 3.44. The number of aliphatic hydroxyl groups is 2. The van der Waals surface area contributed by atoms with Gasteiger partial charge in [-0.1, -0.05) is 38.3 Å². The highest BCUT2D eigenvalue weighted by Gasteiger charge is 2.44. The first-order valence-electron chi connectivity index (χ1n) is 12.8. The number of carboxylic acid groups (broad SMARTS) is 1. The number of carbonyl (C=O) groups is 2. The van der Waals surface area contributed by atoms with E-state index < -0.39 is 18.0 Å². The number of fused-ring (bicyclic) bond motifs is 2.